The molecule has 1 fully saturated rings. The van der Waals surface area contributed by atoms with Crippen LogP contribution >= 0.6 is 11.8 Å². The number of hydrogen-bond acceptors (Lipinski definition) is 3. The van der Waals surface area contributed by atoms with Crippen LogP contribution in [0.1, 0.15) is 19.8 Å². The molecule has 4 nitrogen and oxygen atoms in total. The number of rotatable bonds is 5. The molecule has 1 aliphatic rings. The third-order valence-electron chi connectivity index (χ3n) is 4.01. The number of primary amides is 1. The molecule has 2 amide bonds. The van der Waals surface area contributed by atoms with Gasteiger partial charge >= 0.3 is 6.03 Å². The predicted octanol–water partition coefficient (Wildman–Crippen LogP) is 2.64. The zero-order valence-electron chi connectivity index (χ0n) is 12.7. The fraction of sp³-hybridized carbons (Fsp3) is 0.562. The van der Waals surface area contributed by atoms with Gasteiger partial charge in [0.15, 0.2) is 0 Å². The Labute approximate surface area is 131 Å². The molecule has 21 heavy (non-hydrogen) atoms. The normalized spacial score (nSPS) is 18.2. The number of hydrogen-bond donors (Lipinski definition) is 1. The standard InChI is InChI=1S/C16H25N3OS/c1-14(8-13-21-15-6-3-2-4-7-15)18-9-5-10-19(12-11-18)16(17)20/h2-4,6-7,14H,5,8-13H2,1H3,(H2,17,20)/t14-/m0/s1. The molecule has 116 valence electrons. The van der Waals surface area contributed by atoms with E-state index in [1.54, 1.807) is 4.90 Å². The van der Waals surface area contributed by atoms with E-state index in [4.69, 9.17) is 5.73 Å². The Bertz CT molecular complexity index is 440. The summed E-state index contributed by atoms with van der Waals surface area (Å²) in [4.78, 5) is 16.8. The quantitative estimate of drug-likeness (QED) is 0.851. The Kier molecular flexibility index (Phi) is 6.39. The summed E-state index contributed by atoms with van der Waals surface area (Å²) in [5.74, 6) is 1.13. The van der Waals surface area contributed by atoms with Gasteiger partial charge < -0.3 is 10.6 Å². The van der Waals surface area contributed by atoms with Gasteiger partial charge in [0, 0.05) is 37.1 Å². The average molecular weight is 307 g/mol. The van der Waals surface area contributed by atoms with Gasteiger partial charge in [0.05, 0.1) is 0 Å². The van der Waals surface area contributed by atoms with E-state index in [1.165, 1.54) is 4.90 Å². The van der Waals surface area contributed by atoms with Gasteiger partial charge in [-0.1, -0.05) is 18.2 Å². The summed E-state index contributed by atoms with van der Waals surface area (Å²) in [6.45, 7) is 5.81. The number of carbonyl (C=O) groups excluding carboxylic acids is 1. The van der Waals surface area contributed by atoms with E-state index in [0.717, 1.165) is 44.8 Å². The van der Waals surface area contributed by atoms with Crippen molar-refractivity contribution in [2.75, 3.05) is 31.9 Å². The first-order chi connectivity index (χ1) is 10.2. The molecule has 5 heteroatoms. The van der Waals surface area contributed by atoms with E-state index in [2.05, 4.69) is 42.2 Å². The minimum Gasteiger partial charge on any atom is -0.351 e. The minimum absolute atomic E-state index is 0.288. The summed E-state index contributed by atoms with van der Waals surface area (Å²) < 4.78 is 0. The van der Waals surface area contributed by atoms with Crippen LogP contribution in [0.25, 0.3) is 0 Å². The lowest BCUT2D eigenvalue weighted by Gasteiger charge is -2.27. The maximum absolute atomic E-state index is 11.2. The average Bonchev–Trinajstić information content (AvgIpc) is 2.74. The molecule has 0 bridgehead atoms. The summed E-state index contributed by atoms with van der Waals surface area (Å²) in [6, 6.07) is 10.8. The van der Waals surface area contributed by atoms with Gasteiger partial charge in [-0.15, -0.1) is 11.8 Å². The highest BCUT2D eigenvalue weighted by molar-refractivity contribution is 7.99. The fourth-order valence-electron chi connectivity index (χ4n) is 2.65. The Hall–Kier alpha value is -1.20. The first-order valence-electron chi connectivity index (χ1n) is 7.63. The van der Waals surface area contributed by atoms with Crippen molar-refractivity contribution in [3.63, 3.8) is 0 Å². The van der Waals surface area contributed by atoms with Crippen LogP contribution in [0.2, 0.25) is 0 Å². The van der Waals surface area contributed by atoms with Crippen LogP contribution in [0.5, 0.6) is 0 Å². The summed E-state index contributed by atoms with van der Waals surface area (Å²) in [7, 11) is 0. The summed E-state index contributed by atoms with van der Waals surface area (Å²) in [5, 5.41) is 0. The Morgan fingerprint density at radius 3 is 2.71 bits per heavy atom. The molecule has 2 rings (SSSR count). The maximum atomic E-state index is 11.2. The van der Waals surface area contributed by atoms with Gasteiger partial charge in [0.1, 0.15) is 0 Å². The van der Waals surface area contributed by atoms with E-state index >= 15 is 0 Å². The van der Waals surface area contributed by atoms with Gasteiger partial charge in [-0.3, -0.25) is 4.90 Å². The molecule has 0 saturated carbocycles. The van der Waals surface area contributed by atoms with Crippen molar-refractivity contribution in [2.24, 2.45) is 5.73 Å². The molecule has 0 radical (unpaired) electrons. The van der Waals surface area contributed by atoms with Crippen molar-refractivity contribution in [1.29, 1.82) is 0 Å². The van der Waals surface area contributed by atoms with E-state index in [9.17, 15) is 4.79 Å². The number of amides is 2. The third-order valence-corrected chi connectivity index (χ3v) is 5.06. The maximum Gasteiger partial charge on any atom is 0.314 e. The van der Waals surface area contributed by atoms with Crippen LogP contribution in [0.4, 0.5) is 4.79 Å². The van der Waals surface area contributed by atoms with Crippen molar-refractivity contribution >= 4 is 17.8 Å². The van der Waals surface area contributed by atoms with E-state index in [0.29, 0.717) is 6.04 Å². The predicted molar refractivity (Wildman–Crippen MR) is 88.6 cm³/mol. The number of nitrogens with two attached hydrogens (primary N) is 1. The fourth-order valence-corrected chi connectivity index (χ4v) is 3.69. The van der Waals surface area contributed by atoms with Gasteiger partial charge in [-0.2, -0.15) is 0 Å². The highest BCUT2D eigenvalue weighted by atomic mass is 32.2. The first-order valence-corrected chi connectivity index (χ1v) is 8.61. The van der Waals surface area contributed by atoms with Crippen LogP contribution < -0.4 is 5.73 Å². The van der Waals surface area contributed by atoms with Crippen LogP contribution in [0, 0.1) is 0 Å². The van der Waals surface area contributed by atoms with Crippen molar-refractivity contribution < 1.29 is 4.79 Å². The molecule has 1 aromatic carbocycles. The molecule has 0 aliphatic carbocycles. The minimum atomic E-state index is -0.288. The summed E-state index contributed by atoms with van der Waals surface area (Å²) in [6.07, 6.45) is 2.18. The lowest BCUT2D eigenvalue weighted by atomic mass is 10.2. The Balaban J connectivity index is 1.73. The number of carbonyl (C=O) groups is 1. The van der Waals surface area contributed by atoms with Crippen LogP contribution in [-0.2, 0) is 0 Å². The molecular weight excluding hydrogens is 282 g/mol. The zero-order valence-corrected chi connectivity index (χ0v) is 13.5. The third kappa shape index (κ3) is 5.25. The molecule has 2 N–H and O–H groups in total. The van der Waals surface area contributed by atoms with Crippen molar-refractivity contribution in [2.45, 2.75) is 30.7 Å². The second kappa shape index (κ2) is 8.29. The summed E-state index contributed by atoms with van der Waals surface area (Å²) in [5.41, 5.74) is 5.37. The topological polar surface area (TPSA) is 49.6 Å². The van der Waals surface area contributed by atoms with E-state index in [1.807, 2.05) is 11.8 Å². The van der Waals surface area contributed by atoms with Crippen molar-refractivity contribution in [1.82, 2.24) is 9.80 Å². The second-order valence-electron chi connectivity index (χ2n) is 5.51. The smallest absolute Gasteiger partial charge is 0.314 e. The van der Waals surface area contributed by atoms with Gasteiger partial charge in [0.2, 0.25) is 0 Å². The molecule has 1 heterocycles. The molecule has 1 saturated heterocycles. The molecular formula is C16H25N3OS. The first kappa shape index (κ1) is 16.2. The molecule has 0 spiro atoms. The van der Waals surface area contributed by atoms with E-state index < -0.39 is 0 Å². The number of nitrogens with zero attached hydrogens (tertiary/aromatic N) is 2. The molecule has 1 aliphatic heterocycles. The zero-order chi connectivity index (χ0) is 15.1. The number of benzene rings is 1. The number of urea groups is 1. The number of thioether (sulfide) groups is 1. The van der Waals surface area contributed by atoms with E-state index in [-0.39, 0.29) is 6.03 Å². The summed E-state index contributed by atoms with van der Waals surface area (Å²) >= 11 is 1.91. The lowest BCUT2D eigenvalue weighted by Crippen LogP contribution is -2.40. The van der Waals surface area contributed by atoms with Gasteiger partial charge in [-0.25, -0.2) is 4.79 Å². The molecule has 0 aromatic heterocycles. The monoisotopic (exact) mass is 307 g/mol. The van der Waals surface area contributed by atoms with Crippen LogP contribution in [0.3, 0.4) is 0 Å². The van der Waals surface area contributed by atoms with Gasteiger partial charge in [-0.05, 0) is 37.7 Å². The SMILES string of the molecule is C[C@@H](CCSc1ccccc1)N1CCCN(C(N)=O)CC1. The van der Waals surface area contributed by atoms with Gasteiger partial charge in [0.25, 0.3) is 0 Å². The van der Waals surface area contributed by atoms with Crippen molar-refractivity contribution in [3.05, 3.63) is 30.3 Å². The molecule has 1 atom stereocenters. The highest BCUT2D eigenvalue weighted by Crippen LogP contribution is 2.20. The Morgan fingerprint density at radius 1 is 1.24 bits per heavy atom. The largest absolute Gasteiger partial charge is 0.351 e. The highest BCUT2D eigenvalue weighted by Gasteiger charge is 2.20. The Morgan fingerprint density at radius 2 is 2.00 bits per heavy atom. The lowest BCUT2D eigenvalue weighted by molar-refractivity contribution is 0.196. The second-order valence-corrected chi connectivity index (χ2v) is 6.68. The van der Waals surface area contributed by atoms with Crippen molar-refractivity contribution in [3.8, 4) is 0 Å². The molecule has 0 unspecified atom stereocenters. The molecule has 1 aromatic rings. The van der Waals surface area contributed by atoms with Crippen LogP contribution in [0.15, 0.2) is 35.2 Å². The van der Waals surface area contributed by atoms with Crippen LogP contribution in [-0.4, -0.2) is 53.8 Å².